The van der Waals surface area contributed by atoms with Gasteiger partial charge in [0.1, 0.15) is 0 Å². The molecule has 78 valence electrons. The van der Waals surface area contributed by atoms with Crippen molar-refractivity contribution < 1.29 is 0 Å². The van der Waals surface area contributed by atoms with Crippen LogP contribution in [0.5, 0.6) is 0 Å². The van der Waals surface area contributed by atoms with Gasteiger partial charge in [0.25, 0.3) is 0 Å². The summed E-state index contributed by atoms with van der Waals surface area (Å²) >= 11 is 5.94. The van der Waals surface area contributed by atoms with E-state index in [9.17, 15) is 0 Å². The molecule has 16 heavy (non-hydrogen) atoms. The maximum atomic E-state index is 5.94. The van der Waals surface area contributed by atoms with Crippen molar-refractivity contribution in [3.8, 4) is 11.3 Å². The van der Waals surface area contributed by atoms with Crippen LogP contribution < -0.4 is 0 Å². The fraction of sp³-hybridized carbons (Fsp3) is 0. The first-order valence-electron chi connectivity index (χ1n) is 4.89. The highest BCUT2D eigenvalue weighted by Gasteiger charge is 2.01. The van der Waals surface area contributed by atoms with E-state index in [4.69, 9.17) is 11.6 Å². The Hall–Kier alpha value is -1.87. The first-order chi connectivity index (χ1) is 7.83. The van der Waals surface area contributed by atoms with Crippen LogP contribution in [-0.2, 0) is 0 Å². The van der Waals surface area contributed by atoms with Gasteiger partial charge in [-0.3, -0.25) is 0 Å². The first-order valence-corrected chi connectivity index (χ1v) is 5.27. The van der Waals surface area contributed by atoms with Gasteiger partial charge in [-0.1, -0.05) is 23.7 Å². The largest absolute Gasteiger partial charge is 0.236 e. The number of hydrogen-bond donors (Lipinski definition) is 0. The second-order valence-electron chi connectivity index (χ2n) is 3.46. The van der Waals surface area contributed by atoms with Crippen molar-refractivity contribution in [1.29, 1.82) is 0 Å². The van der Waals surface area contributed by atoms with Crippen molar-refractivity contribution in [3.05, 3.63) is 53.8 Å². The number of halogens is 1. The minimum atomic E-state index is 0.713. The zero-order valence-corrected chi connectivity index (χ0v) is 9.09. The minimum absolute atomic E-state index is 0.713. The molecular formula is C12H8ClN3. The van der Waals surface area contributed by atoms with Crippen molar-refractivity contribution in [1.82, 2.24) is 14.6 Å². The number of imidazole rings is 1. The van der Waals surface area contributed by atoms with Gasteiger partial charge in [0.2, 0.25) is 0 Å². The summed E-state index contributed by atoms with van der Waals surface area (Å²) in [5.41, 5.74) is 2.72. The third kappa shape index (κ3) is 1.55. The lowest BCUT2D eigenvalue weighted by Gasteiger charge is -2.01. The van der Waals surface area contributed by atoms with E-state index < -0.39 is 0 Å². The van der Waals surface area contributed by atoms with Crippen molar-refractivity contribution in [2.24, 2.45) is 0 Å². The highest BCUT2D eigenvalue weighted by Crippen LogP contribution is 2.20. The normalized spacial score (nSPS) is 10.8. The number of rotatable bonds is 1. The molecule has 0 aliphatic carbocycles. The van der Waals surface area contributed by atoms with E-state index in [1.807, 2.05) is 42.6 Å². The van der Waals surface area contributed by atoms with Crippen LogP contribution in [0.1, 0.15) is 0 Å². The van der Waals surface area contributed by atoms with Gasteiger partial charge in [-0.15, -0.1) is 0 Å². The van der Waals surface area contributed by atoms with Gasteiger partial charge in [0.15, 0.2) is 5.65 Å². The maximum absolute atomic E-state index is 5.94. The Morgan fingerprint density at radius 1 is 1.12 bits per heavy atom. The summed E-state index contributed by atoms with van der Waals surface area (Å²) in [6, 6.07) is 11.5. The lowest BCUT2D eigenvalue weighted by atomic mass is 10.1. The van der Waals surface area contributed by atoms with Crippen LogP contribution in [0.15, 0.2) is 48.8 Å². The van der Waals surface area contributed by atoms with Gasteiger partial charge < -0.3 is 0 Å². The molecule has 2 heterocycles. The molecule has 0 amide bonds. The van der Waals surface area contributed by atoms with Gasteiger partial charge in [0.05, 0.1) is 5.69 Å². The topological polar surface area (TPSA) is 30.2 Å². The summed E-state index contributed by atoms with van der Waals surface area (Å²) in [6.45, 7) is 0. The average molecular weight is 230 g/mol. The van der Waals surface area contributed by atoms with Gasteiger partial charge in [-0.2, -0.15) is 5.10 Å². The summed E-state index contributed by atoms with van der Waals surface area (Å²) in [7, 11) is 0. The first kappa shape index (κ1) is 9.36. The molecule has 0 aliphatic rings. The summed E-state index contributed by atoms with van der Waals surface area (Å²) < 4.78 is 1.75. The molecule has 3 nitrogen and oxygen atoms in total. The predicted octanol–water partition coefficient (Wildman–Crippen LogP) is 3.05. The van der Waals surface area contributed by atoms with E-state index in [1.165, 1.54) is 0 Å². The molecule has 3 rings (SSSR count). The minimum Gasteiger partial charge on any atom is -0.236 e. The lowest BCUT2D eigenvalue weighted by molar-refractivity contribution is 0.942. The molecule has 0 radical (unpaired) electrons. The summed E-state index contributed by atoms with van der Waals surface area (Å²) in [6.07, 6.45) is 3.55. The Kier molecular flexibility index (Phi) is 2.11. The van der Waals surface area contributed by atoms with Crippen LogP contribution in [0.4, 0.5) is 0 Å². The molecule has 3 aromatic rings. The number of aromatic nitrogens is 3. The van der Waals surface area contributed by atoms with Gasteiger partial charge in [0, 0.05) is 23.0 Å². The molecule has 0 N–H and O–H groups in total. The standard InChI is InChI=1S/C12H8ClN3/c13-10-3-1-2-9(8-10)11-4-5-12-14-6-7-16(12)15-11/h1-8H. The fourth-order valence-corrected chi connectivity index (χ4v) is 1.81. The monoisotopic (exact) mass is 229 g/mol. The number of nitrogens with zero attached hydrogens (tertiary/aromatic N) is 3. The van der Waals surface area contributed by atoms with Crippen LogP contribution in [-0.4, -0.2) is 14.6 Å². The second-order valence-corrected chi connectivity index (χ2v) is 3.90. The average Bonchev–Trinajstić information content (AvgIpc) is 2.75. The van der Waals surface area contributed by atoms with Crippen molar-refractivity contribution in [2.45, 2.75) is 0 Å². The Balaban J connectivity index is 2.18. The zero-order valence-electron chi connectivity index (χ0n) is 8.34. The molecular weight excluding hydrogens is 222 g/mol. The summed E-state index contributed by atoms with van der Waals surface area (Å²) in [4.78, 5) is 4.15. The summed E-state index contributed by atoms with van der Waals surface area (Å²) in [5, 5.41) is 5.16. The second kappa shape index (κ2) is 3.61. The zero-order chi connectivity index (χ0) is 11.0. The van der Waals surface area contributed by atoms with Crippen LogP contribution in [0.2, 0.25) is 5.02 Å². The Morgan fingerprint density at radius 3 is 2.94 bits per heavy atom. The molecule has 1 aromatic carbocycles. The number of benzene rings is 1. The number of hydrogen-bond acceptors (Lipinski definition) is 2. The third-order valence-electron chi connectivity index (χ3n) is 2.38. The van der Waals surface area contributed by atoms with Crippen molar-refractivity contribution in [3.63, 3.8) is 0 Å². The quantitative estimate of drug-likeness (QED) is 0.642. The molecule has 0 fully saturated rings. The van der Waals surface area contributed by atoms with Gasteiger partial charge in [-0.05, 0) is 24.3 Å². The molecule has 0 atom stereocenters. The molecule has 0 saturated heterocycles. The molecule has 2 aromatic heterocycles. The van der Waals surface area contributed by atoms with Crippen LogP contribution in [0, 0.1) is 0 Å². The van der Waals surface area contributed by atoms with Crippen molar-refractivity contribution in [2.75, 3.05) is 0 Å². The summed E-state index contributed by atoms with van der Waals surface area (Å²) in [5.74, 6) is 0. The molecule has 0 unspecified atom stereocenters. The Morgan fingerprint density at radius 2 is 2.06 bits per heavy atom. The predicted molar refractivity (Wildman–Crippen MR) is 63.4 cm³/mol. The van der Waals surface area contributed by atoms with Crippen LogP contribution in [0.25, 0.3) is 16.9 Å². The van der Waals surface area contributed by atoms with Gasteiger partial charge >= 0.3 is 0 Å². The van der Waals surface area contributed by atoms with Crippen LogP contribution in [0.3, 0.4) is 0 Å². The molecule has 0 saturated carbocycles. The fourth-order valence-electron chi connectivity index (χ4n) is 1.62. The van der Waals surface area contributed by atoms with E-state index >= 15 is 0 Å². The highest BCUT2D eigenvalue weighted by atomic mass is 35.5. The Bertz CT molecular complexity index is 645. The smallest absolute Gasteiger partial charge is 0.153 e. The van der Waals surface area contributed by atoms with E-state index in [1.54, 1.807) is 10.7 Å². The molecule has 4 heteroatoms. The van der Waals surface area contributed by atoms with E-state index in [0.29, 0.717) is 5.02 Å². The maximum Gasteiger partial charge on any atom is 0.153 e. The van der Waals surface area contributed by atoms with E-state index in [0.717, 1.165) is 16.9 Å². The van der Waals surface area contributed by atoms with E-state index in [-0.39, 0.29) is 0 Å². The van der Waals surface area contributed by atoms with E-state index in [2.05, 4.69) is 10.1 Å². The number of fused-ring (bicyclic) bond motifs is 1. The van der Waals surface area contributed by atoms with Gasteiger partial charge in [-0.25, -0.2) is 9.50 Å². The van der Waals surface area contributed by atoms with Crippen molar-refractivity contribution >= 4 is 17.2 Å². The highest BCUT2D eigenvalue weighted by molar-refractivity contribution is 6.30. The molecule has 0 spiro atoms. The molecule has 0 aliphatic heterocycles. The lowest BCUT2D eigenvalue weighted by Crippen LogP contribution is -1.92. The SMILES string of the molecule is Clc1cccc(-c2ccc3nccn3n2)c1. The third-order valence-corrected chi connectivity index (χ3v) is 2.61. The molecule has 0 bridgehead atoms. The Labute approximate surface area is 97.3 Å². The van der Waals surface area contributed by atoms with Crippen LogP contribution >= 0.6 is 11.6 Å².